The first-order valence-corrected chi connectivity index (χ1v) is 6.13. The van der Waals surface area contributed by atoms with E-state index in [2.05, 4.69) is 20.8 Å². The summed E-state index contributed by atoms with van der Waals surface area (Å²) in [6.07, 6.45) is 2.14. The molecule has 2 nitrogen and oxygen atoms in total. The second-order valence-electron chi connectivity index (χ2n) is 2.46. The predicted octanol–water partition coefficient (Wildman–Crippen LogP) is 1.89. The molecule has 0 heterocycles. The van der Waals surface area contributed by atoms with Gasteiger partial charge in [-0.3, -0.25) is 0 Å². The van der Waals surface area contributed by atoms with Crippen molar-refractivity contribution in [3.63, 3.8) is 0 Å². The highest BCUT2D eigenvalue weighted by atomic mass is 28.3. The zero-order chi connectivity index (χ0) is 8.53. The maximum absolute atomic E-state index is 5.50. The molecule has 0 aromatic heterocycles. The van der Waals surface area contributed by atoms with Crippen molar-refractivity contribution < 1.29 is 8.85 Å². The molecule has 0 aliphatic rings. The zero-order valence-electron chi connectivity index (χ0n) is 7.64. The summed E-state index contributed by atoms with van der Waals surface area (Å²) in [5.74, 6) is 0. The van der Waals surface area contributed by atoms with Crippen LogP contribution in [-0.2, 0) is 8.85 Å². The molecule has 0 aromatic rings. The first kappa shape index (κ1) is 11.1. The molecule has 0 amide bonds. The zero-order valence-corrected chi connectivity index (χ0v) is 8.79. The van der Waals surface area contributed by atoms with E-state index in [-0.39, 0.29) is 0 Å². The summed E-state index contributed by atoms with van der Waals surface area (Å²) in [5, 5.41) is 0. The van der Waals surface area contributed by atoms with E-state index in [4.69, 9.17) is 8.85 Å². The highest BCUT2D eigenvalue weighted by Crippen LogP contribution is 1.97. The van der Waals surface area contributed by atoms with E-state index in [9.17, 15) is 0 Å². The molecule has 1 radical (unpaired) electrons. The van der Waals surface area contributed by atoms with E-state index >= 15 is 0 Å². The molecule has 0 atom stereocenters. The van der Waals surface area contributed by atoms with Gasteiger partial charge in [-0.2, -0.15) is 0 Å². The van der Waals surface area contributed by atoms with Crippen molar-refractivity contribution >= 4 is 9.28 Å². The summed E-state index contributed by atoms with van der Waals surface area (Å²) >= 11 is 0. The van der Waals surface area contributed by atoms with Crippen LogP contribution in [0.1, 0.15) is 26.7 Å². The van der Waals surface area contributed by atoms with Gasteiger partial charge in [-0.05, 0) is 18.9 Å². The third kappa shape index (κ3) is 6.53. The fourth-order valence-electron chi connectivity index (χ4n) is 0.713. The van der Waals surface area contributed by atoms with Crippen LogP contribution in [0.5, 0.6) is 0 Å². The van der Waals surface area contributed by atoms with Gasteiger partial charge < -0.3 is 8.85 Å². The Kier molecular flexibility index (Phi) is 8.34. The Morgan fingerprint density at radius 1 is 1.09 bits per heavy atom. The maximum atomic E-state index is 5.50. The van der Waals surface area contributed by atoms with Gasteiger partial charge in [0.1, 0.15) is 0 Å². The minimum absolute atomic E-state index is 0.829. The minimum atomic E-state index is -1.36. The van der Waals surface area contributed by atoms with Gasteiger partial charge in [0.25, 0.3) is 0 Å². The average Bonchev–Trinajstić information content (AvgIpc) is 2.05. The van der Waals surface area contributed by atoms with Crippen molar-refractivity contribution in [1.29, 1.82) is 0 Å². The summed E-state index contributed by atoms with van der Waals surface area (Å²) in [6.45, 7) is 9.67. The molecular formula is C8H19O2Si. The van der Waals surface area contributed by atoms with Crippen LogP contribution < -0.4 is 0 Å². The maximum Gasteiger partial charge on any atom is 0.321 e. The Labute approximate surface area is 71.7 Å². The molecule has 11 heavy (non-hydrogen) atoms. The van der Waals surface area contributed by atoms with E-state index in [0.717, 1.165) is 32.1 Å². The SMILES string of the molecule is [CH2]C[SiH](OCCC)OCCC. The molecule has 0 aliphatic carbocycles. The molecule has 0 saturated heterocycles. The molecule has 0 saturated carbocycles. The Balaban J connectivity index is 3.25. The van der Waals surface area contributed by atoms with E-state index in [1.807, 2.05) is 0 Å². The summed E-state index contributed by atoms with van der Waals surface area (Å²) < 4.78 is 11.0. The van der Waals surface area contributed by atoms with Crippen molar-refractivity contribution in [1.82, 2.24) is 0 Å². The van der Waals surface area contributed by atoms with Gasteiger partial charge in [-0.25, -0.2) is 0 Å². The highest BCUT2D eigenvalue weighted by molar-refractivity contribution is 6.44. The van der Waals surface area contributed by atoms with Crippen molar-refractivity contribution in [2.24, 2.45) is 0 Å². The van der Waals surface area contributed by atoms with Crippen LogP contribution >= 0.6 is 0 Å². The Hall–Kier alpha value is 0.137. The molecule has 3 heteroatoms. The first-order valence-electron chi connectivity index (χ1n) is 4.37. The number of hydrogen-bond acceptors (Lipinski definition) is 2. The molecule has 0 unspecified atom stereocenters. The van der Waals surface area contributed by atoms with Crippen LogP contribution in [0.25, 0.3) is 0 Å². The predicted molar refractivity (Wildman–Crippen MR) is 49.8 cm³/mol. The second-order valence-corrected chi connectivity index (χ2v) is 4.56. The molecule has 0 bridgehead atoms. The van der Waals surface area contributed by atoms with Gasteiger partial charge in [-0.1, -0.05) is 20.8 Å². The Morgan fingerprint density at radius 3 is 1.82 bits per heavy atom. The van der Waals surface area contributed by atoms with Crippen LogP contribution in [0.3, 0.4) is 0 Å². The number of hydrogen-bond donors (Lipinski definition) is 0. The Morgan fingerprint density at radius 2 is 1.55 bits per heavy atom. The van der Waals surface area contributed by atoms with Gasteiger partial charge in [-0.15, -0.1) is 0 Å². The standard InChI is InChI=1S/C8H19O2Si/c1-4-7-9-11(6-3)10-8-5-2/h11H,3-8H2,1-2H3. The van der Waals surface area contributed by atoms with Crippen molar-refractivity contribution in [3.8, 4) is 0 Å². The third-order valence-electron chi connectivity index (χ3n) is 1.25. The molecule has 0 aliphatic heterocycles. The molecule has 0 N–H and O–H groups in total. The molecule has 67 valence electrons. The summed E-state index contributed by atoms with van der Waals surface area (Å²) in [5.41, 5.74) is 0. The smallest absolute Gasteiger partial charge is 0.321 e. The van der Waals surface area contributed by atoms with Crippen molar-refractivity contribution in [3.05, 3.63) is 6.92 Å². The molecule has 0 spiro atoms. The largest absolute Gasteiger partial charge is 0.397 e. The first-order chi connectivity index (χ1) is 5.35. The molecule has 0 rings (SSSR count). The lowest BCUT2D eigenvalue weighted by molar-refractivity contribution is 0.199. The Bertz CT molecular complexity index is 70.5. The number of rotatable bonds is 7. The highest BCUT2D eigenvalue weighted by Gasteiger charge is 2.08. The lowest BCUT2D eigenvalue weighted by Crippen LogP contribution is -2.22. The quantitative estimate of drug-likeness (QED) is 0.550. The van der Waals surface area contributed by atoms with Gasteiger partial charge in [0.2, 0.25) is 0 Å². The van der Waals surface area contributed by atoms with Crippen molar-refractivity contribution in [2.45, 2.75) is 32.7 Å². The fourth-order valence-corrected chi connectivity index (χ4v) is 2.14. The van der Waals surface area contributed by atoms with Crippen LogP contribution in [0, 0.1) is 6.92 Å². The topological polar surface area (TPSA) is 18.5 Å². The summed E-state index contributed by atoms with van der Waals surface area (Å²) in [7, 11) is -1.36. The van der Waals surface area contributed by atoms with E-state index < -0.39 is 9.28 Å². The van der Waals surface area contributed by atoms with Crippen LogP contribution in [0.2, 0.25) is 6.04 Å². The van der Waals surface area contributed by atoms with Gasteiger partial charge >= 0.3 is 9.28 Å². The normalized spacial score (nSPS) is 10.9. The molecule has 0 aromatic carbocycles. The van der Waals surface area contributed by atoms with Crippen molar-refractivity contribution in [2.75, 3.05) is 13.2 Å². The lowest BCUT2D eigenvalue weighted by atomic mass is 10.5. The monoisotopic (exact) mass is 175 g/mol. The molecule has 0 fully saturated rings. The van der Waals surface area contributed by atoms with Crippen LogP contribution in [-0.4, -0.2) is 22.5 Å². The average molecular weight is 175 g/mol. The van der Waals surface area contributed by atoms with E-state index in [1.165, 1.54) is 0 Å². The summed E-state index contributed by atoms with van der Waals surface area (Å²) in [6, 6.07) is 0.833. The van der Waals surface area contributed by atoms with Gasteiger partial charge in [0.15, 0.2) is 0 Å². The summed E-state index contributed by atoms with van der Waals surface area (Å²) in [4.78, 5) is 0. The van der Waals surface area contributed by atoms with Gasteiger partial charge in [0, 0.05) is 13.2 Å². The van der Waals surface area contributed by atoms with E-state index in [1.54, 1.807) is 0 Å². The van der Waals surface area contributed by atoms with E-state index in [0.29, 0.717) is 0 Å². The van der Waals surface area contributed by atoms with Gasteiger partial charge in [0.05, 0.1) is 0 Å². The second kappa shape index (κ2) is 8.24. The van der Waals surface area contributed by atoms with Crippen LogP contribution in [0.15, 0.2) is 0 Å². The minimum Gasteiger partial charge on any atom is -0.397 e. The van der Waals surface area contributed by atoms with Crippen LogP contribution in [0.4, 0.5) is 0 Å². The lowest BCUT2D eigenvalue weighted by Gasteiger charge is -2.13. The third-order valence-corrected chi connectivity index (χ3v) is 2.94. The fraction of sp³-hybridized carbons (Fsp3) is 0.875. The molecular weight excluding hydrogens is 156 g/mol.